The van der Waals surface area contributed by atoms with Crippen LogP contribution in [0.1, 0.15) is 82.5 Å². The fourth-order valence-electron chi connectivity index (χ4n) is 6.06. The van der Waals surface area contributed by atoms with E-state index in [-0.39, 0.29) is 17.5 Å². The summed E-state index contributed by atoms with van der Waals surface area (Å²) in [6.07, 6.45) is 10.7. The van der Waals surface area contributed by atoms with E-state index in [9.17, 15) is 4.79 Å². The van der Waals surface area contributed by atoms with Gasteiger partial charge in [-0.3, -0.25) is 9.69 Å². The molecule has 1 aromatic rings. The molecule has 1 aromatic heterocycles. The highest BCUT2D eigenvalue weighted by atomic mass is 16.5. The van der Waals surface area contributed by atoms with Gasteiger partial charge in [0.1, 0.15) is 0 Å². The fourth-order valence-corrected chi connectivity index (χ4v) is 6.06. The van der Waals surface area contributed by atoms with E-state index in [0.29, 0.717) is 29.8 Å². The minimum absolute atomic E-state index is 0.0265. The van der Waals surface area contributed by atoms with Crippen LogP contribution < -0.4 is 5.32 Å². The molecule has 2 saturated heterocycles. The van der Waals surface area contributed by atoms with Gasteiger partial charge in [0, 0.05) is 25.0 Å². The van der Waals surface area contributed by atoms with E-state index in [2.05, 4.69) is 27.3 Å². The van der Waals surface area contributed by atoms with Crippen molar-refractivity contribution in [3.8, 4) is 0 Å². The van der Waals surface area contributed by atoms with E-state index in [1.54, 1.807) is 0 Å². The molecular formula is C20H30N4O2. The third-order valence-electron chi connectivity index (χ3n) is 7.86. The van der Waals surface area contributed by atoms with E-state index in [0.717, 1.165) is 31.5 Å². The predicted octanol–water partition coefficient (Wildman–Crippen LogP) is 3.13. The van der Waals surface area contributed by atoms with Crippen molar-refractivity contribution in [2.24, 2.45) is 11.3 Å². The summed E-state index contributed by atoms with van der Waals surface area (Å²) in [5, 5.41) is 7.63. The van der Waals surface area contributed by atoms with Crippen LogP contribution in [0.4, 0.5) is 0 Å². The monoisotopic (exact) mass is 358 g/mol. The summed E-state index contributed by atoms with van der Waals surface area (Å²) in [6.45, 7) is 4.00. The van der Waals surface area contributed by atoms with E-state index < -0.39 is 0 Å². The second-order valence-corrected chi connectivity index (χ2v) is 9.05. The molecule has 2 bridgehead atoms. The van der Waals surface area contributed by atoms with Gasteiger partial charge in [0.15, 0.2) is 5.82 Å². The molecular weight excluding hydrogens is 328 g/mol. The molecule has 2 saturated carbocycles. The number of aryl methyl sites for hydroxylation is 1. The molecule has 4 aliphatic rings. The lowest BCUT2D eigenvalue weighted by molar-refractivity contribution is -0.145. The Hall–Kier alpha value is -1.43. The van der Waals surface area contributed by atoms with E-state index >= 15 is 0 Å². The van der Waals surface area contributed by atoms with Crippen LogP contribution in [0.3, 0.4) is 0 Å². The number of rotatable bonds is 5. The zero-order valence-corrected chi connectivity index (χ0v) is 15.9. The molecule has 6 heteroatoms. The number of fused-ring (bicyclic) bond motifs is 2. The first kappa shape index (κ1) is 16.7. The van der Waals surface area contributed by atoms with Crippen molar-refractivity contribution in [3.63, 3.8) is 0 Å². The molecule has 6 nitrogen and oxygen atoms in total. The Kier molecular flexibility index (Phi) is 3.89. The first-order valence-corrected chi connectivity index (χ1v) is 10.5. The molecule has 2 aliphatic heterocycles. The maximum atomic E-state index is 13.2. The molecule has 26 heavy (non-hydrogen) atoms. The number of amides is 1. The van der Waals surface area contributed by atoms with Crippen molar-refractivity contribution in [3.05, 3.63) is 11.7 Å². The topological polar surface area (TPSA) is 71.3 Å². The zero-order valence-electron chi connectivity index (χ0n) is 15.9. The molecule has 0 radical (unpaired) electrons. The average Bonchev–Trinajstić information content (AvgIpc) is 3.22. The maximum absolute atomic E-state index is 13.2. The smallest absolute Gasteiger partial charge is 0.226 e. The van der Waals surface area contributed by atoms with Crippen LogP contribution in [0, 0.1) is 18.3 Å². The summed E-state index contributed by atoms with van der Waals surface area (Å²) in [5.41, 5.74) is -0.0265. The largest absolute Gasteiger partial charge is 0.351 e. The Morgan fingerprint density at radius 2 is 2.08 bits per heavy atom. The van der Waals surface area contributed by atoms with Crippen molar-refractivity contribution in [2.45, 2.75) is 95.8 Å². The van der Waals surface area contributed by atoms with Crippen LogP contribution in [0.5, 0.6) is 0 Å². The standard InChI is InChI=1S/C20H30N4O2/c1-12(18-21-13(2)26-23-18)24-15-7-8-17(24)16(11-15)22-19(25)20(9-4-10-20)14-5-3-6-14/h12,14-17H,3-11H2,1-2H3,(H,22,25)/t12?,15-,16+,17+/m1/s1. The van der Waals surface area contributed by atoms with Gasteiger partial charge in [-0.05, 0) is 57.8 Å². The average molecular weight is 358 g/mol. The van der Waals surface area contributed by atoms with Crippen LogP contribution in [-0.4, -0.2) is 39.1 Å². The van der Waals surface area contributed by atoms with Gasteiger partial charge in [-0.15, -0.1) is 0 Å². The molecule has 2 aliphatic carbocycles. The summed E-state index contributed by atoms with van der Waals surface area (Å²) >= 11 is 0. The van der Waals surface area contributed by atoms with E-state index in [1.165, 1.54) is 32.1 Å². The Morgan fingerprint density at radius 1 is 1.27 bits per heavy atom. The number of nitrogens with zero attached hydrogens (tertiary/aromatic N) is 3. The SMILES string of the molecule is Cc1nc(C(C)N2[C@@H]3CC[C@H]2[C@@H](NC(=O)C2(C4CCC4)CCC2)C3)no1. The summed E-state index contributed by atoms with van der Waals surface area (Å²) < 4.78 is 5.18. The Bertz CT molecular complexity index is 694. The second kappa shape index (κ2) is 6.04. The number of nitrogens with one attached hydrogen (secondary N) is 1. The minimum Gasteiger partial charge on any atom is -0.351 e. The lowest BCUT2D eigenvalue weighted by Crippen LogP contribution is -2.56. The van der Waals surface area contributed by atoms with E-state index in [1.807, 2.05) is 6.92 Å². The lowest BCUT2D eigenvalue weighted by atomic mass is 9.54. The van der Waals surface area contributed by atoms with Crippen molar-refractivity contribution in [1.82, 2.24) is 20.4 Å². The van der Waals surface area contributed by atoms with Crippen molar-refractivity contribution in [2.75, 3.05) is 0 Å². The van der Waals surface area contributed by atoms with Gasteiger partial charge in [0.05, 0.1) is 11.5 Å². The van der Waals surface area contributed by atoms with Crippen molar-refractivity contribution < 1.29 is 9.32 Å². The third kappa shape index (κ3) is 2.37. The third-order valence-corrected chi connectivity index (χ3v) is 7.86. The molecule has 0 spiro atoms. The molecule has 0 aromatic carbocycles. The second-order valence-electron chi connectivity index (χ2n) is 9.05. The maximum Gasteiger partial charge on any atom is 0.226 e. The Labute approximate surface area is 155 Å². The normalized spacial score (nSPS) is 34.3. The Balaban J connectivity index is 1.29. The first-order valence-electron chi connectivity index (χ1n) is 10.5. The van der Waals surface area contributed by atoms with Gasteiger partial charge in [-0.1, -0.05) is 18.0 Å². The van der Waals surface area contributed by atoms with Gasteiger partial charge in [-0.25, -0.2) is 0 Å². The molecule has 4 atom stereocenters. The number of aromatic nitrogens is 2. The van der Waals surface area contributed by atoms with Crippen LogP contribution in [0.25, 0.3) is 0 Å². The molecule has 1 unspecified atom stereocenters. The molecule has 1 N–H and O–H groups in total. The lowest BCUT2D eigenvalue weighted by Gasteiger charge is -2.50. The number of carbonyl (C=O) groups excluding carboxylic acids is 1. The van der Waals surface area contributed by atoms with Gasteiger partial charge in [0.25, 0.3) is 0 Å². The molecule has 3 heterocycles. The van der Waals surface area contributed by atoms with Gasteiger partial charge in [-0.2, -0.15) is 4.98 Å². The van der Waals surface area contributed by atoms with Crippen LogP contribution in [-0.2, 0) is 4.79 Å². The fraction of sp³-hybridized carbons (Fsp3) is 0.850. The first-order chi connectivity index (χ1) is 12.6. The number of hydrogen-bond donors (Lipinski definition) is 1. The van der Waals surface area contributed by atoms with Gasteiger partial charge < -0.3 is 9.84 Å². The van der Waals surface area contributed by atoms with E-state index in [4.69, 9.17) is 4.52 Å². The highest BCUT2D eigenvalue weighted by molar-refractivity contribution is 5.84. The minimum atomic E-state index is -0.0265. The number of carbonyl (C=O) groups is 1. The Morgan fingerprint density at radius 3 is 2.65 bits per heavy atom. The molecule has 142 valence electrons. The number of hydrogen-bond acceptors (Lipinski definition) is 5. The van der Waals surface area contributed by atoms with Gasteiger partial charge >= 0.3 is 0 Å². The van der Waals surface area contributed by atoms with Crippen LogP contribution in [0.15, 0.2) is 4.52 Å². The van der Waals surface area contributed by atoms with Crippen LogP contribution >= 0.6 is 0 Å². The molecule has 4 fully saturated rings. The highest BCUT2D eigenvalue weighted by Gasteiger charge is 2.54. The summed E-state index contributed by atoms with van der Waals surface area (Å²) in [4.78, 5) is 20.2. The summed E-state index contributed by atoms with van der Waals surface area (Å²) in [5.74, 6) is 2.40. The molecule has 1 amide bonds. The quantitative estimate of drug-likeness (QED) is 0.875. The van der Waals surface area contributed by atoms with Crippen LogP contribution in [0.2, 0.25) is 0 Å². The zero-order chi connectivity index (χ0) is 17.9. The highest BCUT2D eigenvalue weighted by Crippen LogP contribution is 2.55. The van der Waals surface area contributed by atoms with Gasteiger partial charge in [0.2, 0.25) is 11.8 Å². The van der Waals surface area contributed by atoms with Crippen molar-refractivity contribution in [1.29, 1.82) is 0 Å². The predicted molar refractivity (Wildman–Crippen MR) is 96.3 cm³/mol. The summed E-state index contributed by atoms with van der Waals surface area (Å²) in [6, 6.07) is 1.38. The molecule has 5 rings (SSSR count). The van der Waals surface area contributed by atoms with Crippen molar-refractivity contribution >= 4 is 5.91 Å². The summed E-state index contributed by atoms with van der Waals surface area (Å²) in [7, 11) is 0.